The summed E-state index contributed by atoms with van der Waals surface area (Å²) in [5.41, 5.74) is -0.00179. The number of nitrogens with zero attached hydrogens (tertiary/aromatic N) is 2. The highest BCUT2D eigenvalue weighted by Crippen LogP contribution is 2.24. The zero-order valence-corrected chi connectivity index (χ0v) is 10.9. The molecule has 0 saturated carbocycles. The minimum Gasteiger partial charge on any atom is -0.359 e. The predicted molar refractivity (Wildman–Crippen MR) is 69.6 cm³/mol. The van der Waals surface area contributed by atoms with Crippen molar-refractivity contribution in [2.45, 2.75) is 51.9 Å². The summed E-state index contributed by atoms with van der Waals surface area (Å²) in [5.74, 6) is 2.71. The molecule has 4 nitrogen and oxygen atoms in total. The smallest absolute Gasteiger partial charge is 0.174 e. The second-order valence-corrected chi connectivity index (χ2v) is 5.59. The third-order valence-corrected chi connectivity index (χ3v) is 2.90. The number of hydrogen-bond acceptors (Lipinski definition) is 4. The summed E-state index contributed by atoms with van der Waals surface area (Å²) in [6, 6.07) is 1.97. The molecular formula is C13H21N3O. The Morgan fingerprint density at radius 3 is 2.76 bits per heavy atom. The van der Waals surface area contributed by atoms with Gasteiger partial charge in [-0.1, -0.05) is 32.3 Å². The molecule has 94 valence electrons. The highest BCUT2D eigenvalue weighted by Gasteiger charge is 2.20. The molecule has 4 heteroatoms. The highest BCUT2D eigenvalue weighted by molar-refractivity contribution is 5.94. The van der Waals surface area contributed by atoms with Gasteiger partial charge < -0.3 is 9.84 Å². The molecule has 2 heterocycles. The van der Waals surface area contributed by atoms with Gasteiger partial charge in [0.25, 0.3) is 0 Å². The average molecular weight is 235 g/mol. The number of aliphatic imine (C=N–C) groups is 1. The van der Waals surface area contributed by atoms with E-state index in [0.717, 1.165) is 30.4 Å². The molecule has 2 rings (SSSR count). The molecule has 0 amide bonds. The van der Waals surface area contributed by atoms with Crippen molar-refractivity contribution in [2.24, 2.45) is 4.99 Å². The predicted octanol–water partition coefficient (Wildman–Crippen LogP) is 3.36. The lowest BCUT2D eigenvalue weighted by molar-refractivity contribution is 0.331. The maximum atomic E-state index is 5.33. The standard InChI is InChI=1S/C13H21N3O/c1-13(2,3)10-9-12(16-17-10)15-11-7-5-4-6-8-14-11/h9H,4-8H2,1-3H3,(H,14,15,16). The minimum atomic E-state index is -0.00179. The molecule has 0 atom stereocenters. The van der Waals surface area contributed by atoms with Gasteiger partial charge in [0.2, 0.25) is 0 Å². The summed E-state index contributed by atoms with van der Waals surface area (Å²) in [6.07, 6.45) is 4.67. The van der Waals surface area contributed by atoms with E-state index in [9.17, 15) is 0 Å². The van der Waals surface area contributed by atoms with Crippen LogP contribution in [-0.2, 0) is 5.41 Å². The fourth-order valence-corrected chi connectivity index (χ4v) is 1.81. The van der Waals surface area contributed by atoms with Gasteiger partial charge in [0.15, 0.2) is 5.82 Å². The van der Waals surface area contributed by atoms with E-state index in [0.29, 0.717) is 0 Å². The normalized spacial score (nSPS) is 17.5. The van der Waals surface area contributed by atoms with Gasteiger partial charge in [0.05, 0.1) is 0 Å². The van der Waals surface area contributed by atoms with Crippen LogP contribution in [0, 0.1) is 0 Å². The Morgan fingerprint density at radius 1 is 1.24 bits per heavy atom. The number of rotatable bonds is 1. The first-order valence-electron chi connectivity index (χ1n) is 6.33. The van der Waals surface area contributed by atoms with E-state index in [2.05, 4.69) is 36.2 Å². The lowest BCUT2D eigenvalue weighted by Gasteiger charge is -2.12. The van der Waals surface area contributed by atoms with Gasteiger partial charge >= 0.3 is 0 Å². The molecule has 0 aliphatic carbocycles. The molecule has 1 aromatic heterocycles. The molecule has 0 radical (unpaired) electrons. The molecule has 0 spiro atoms. The highest BCUT2D eigenvalue weighted by atomic mass is 16.5. The zero-order valence-electron chi connectivity index (χ0n) is 10.9. The lowest BCUT2D eigenvalue weighted by atomic mass is 9.93. The molecule has 0 bridgehead atoms. The van der Waals surface area contributed by atoms with Gasteiger partial charge in [-0.25, -0.2) is 0 Å². The summed E-state index contributed by atoms with van der Waals surface area (Å²) < 4.78 is 5.33. The SMILES string of the molecule is CC(C)(C)c1cc(NC2=NCCCCC2)no1. The van der Waals surface area contributed by atoms with E-state index in [1.165, 1.54) is 19.3 Å². The van der Waals surface area contributed by atoms with E-state index >= 15 is 0 Å². The van der Waals surface area contributed by atoms with Gasteiger partial charge in [0.1, 0.15) is 11.6 Å². The number of nitrogens with one attached hydrogen (secondary N) is 1. The molecule has 1 aliphatic heterocycles. The van der Waals surface area contributed by atoms with Crippen molar-refractivity contribution in [2.75, 3.05) is 11.9 Å². The van der Waals surface area contributed by atoms with E-state index < -0.39 is 0 Å². The Morgan fingerprint density at radius 2 is 2.06 bits per heavy atom. The van der Waals surface area contributed by atoms with Crippen molar-refractivity contribution in [3.05, 3.63) is 11.8 Å². The third kappa shape index (κ3) is 3.32. The Hall–Kier alpha value is -1.32. The van der Waals surface area contributed by atoms with Crippen molar-refractivity contribution >= 4 is 11.7 Å². The molecular weight excluding hydrogens is 214 g/mol. The van der Waals surface area contributed by atoms with Crippen LogP contribution >= 0.6 is 0 Å². The lowest BCUT2D eigenvalue weighted by Crippen LogP contribution is -2.12. The van der Waals surface area contributed by atoms with Crippen molar-refractivity contribution < 1.29 is 4.52 Å². The largest absolute Gasteiger partial charge is 0.359 e. The first-order valence-corrected chi connectivity index (χ1v) is 6.33. The van der Waals surface area contributed by atoms with Gasteiger partial charge in [-0.2, -0.15) is 0 Å². The van der Waals surface area contributed by atoms with Crippen LogP contribution in [0.15, 0.2) is 15.6 Å². The Kier molecular flexibility index (Phi) is 3.50. The van der Waals surface area contributed by atoms with E-state index in [-0.39, 0.29) is 5.41 Å². The third-order valence-electron chi connectivity index (χ3n) is 2.90. The van der Waals surface area contributed by atoms with Crippen LogP contribution in [0.25, 0.3) is 0 Å². The summed E-state index contributed by atoms with van der Waals surface area (Å²) in [4.78, 5) is 4.51. The minimum absolute atomic E-state index is 0.00179. The van der Waals surface area contributed by atoms with Crippen LogP contribution in [0.5, 0.6) is 0 Å². The molecule has 1 N–H and O–H groups in total. The van der Waals surface area contributed by atoms with Gasteiger partial charge in [-0.05, 0) is 12.8 Å². The monoisotopic (exact) mass is 235 g/mol. The van der Waals surface area contributed by atoms with E-state index in [1.54, 1.807) is 0 Å². The first kappa shape index (κ1) is 12.1. The maximum absolute atomic E-state index is 5.33. The Bertz CT molecular complexity index is 401. The van der Waals surface area contributed by atoms with Crippen molar-refractivity contribution in [1.82, 2.24) is 5.16 Å². The molecule has 0 saturated heterocycles. The van der Waals surface area contributed by atoms with Gasteiger partial charge in [0, 0.05) is 24.4 Å². The molecule has 0 fully saturated rings. The van der Waals surface area contributed by atoms with Crippen LogP contribution in [0.2, 0.25) is 0 Å². The summed E-state index contributed by atoms with van der Waals surface area (Å²) in [7, 11) is 0. The van der Waals surface area contributed by atoms with Gasteiger partial charge in [-0.3, -0.25) is 4.99 Å². The van der Waals surface area contributed by atoms with Crippen molar-refractivity contribution in [3.63, 3.8) is 0 Å². The number of hydrogen-bond donors (Lipinski definition) is 1. The number of amidine groups is 1. The molecule has 0 unspecified atom stereocenters. The Balaban J connectivity index is 2.03. The Labute approximate surface area is 102 Å². The topological polar surface area (TPSA) is 50.4 Å². The van der Waals surface area contributed by atoms with E-state index in [1.807, 2.05) is 6.07 Å². The quantitative estimate of drug-likeness (QED) is 0.812. The van der Waals surface area contributed by atoms with Crippen LogP contribution in [0.1, 0.15) is 52.2 Å². The summed E-state index contributed by atoms with van der Waals surface area (Å²) in [5, 5.41) is 7.30. The molecule has 1 aliphatic rings. The number of anilines is 1. The van der Waals surface area contributed by atoms with Crippen molar-refractivity contribution in [1.29, 1.82) is 0 Å². The second-order valence-electron chi connectivity index (χ2n) is 5.59. The zero-order chi connectivity index (χ0) is 12.3. The maximum Gasteiger partial charge on any atom is 0.174 e. The van der Waals surface area contributed by atoms with Crippen LogP contribution in [0.4, 0.5) is 5.82 Å². The number of aromatic nitrogens is 1. The fraction of sp³-hybridized carbons (Fsp3) is 0.692. The molecule has 17 heavy (non-hydrogen) atoms. The molecule has 0 aromatic carbocycles. The first-order chi connectivity index (χ1) is 8.05. The van der Waals surface area contributed by atoms with Crippen molar-refractivity contribution in [3.8, 4) is 0 Å². The van der Waals surface area contributed by atoms with Crippen LogP contribution in [-0.4, -0.2) is 17.5 Å². The second kappa shape index (κ2) is 4.90. The van der Waals surface area contributed by atoms with Crippen LogP contribution < -0.4 is 5.32 Å². The van der Waals surface area contributed by atoms with E-state index in [4.69, 9.17) is 4.52 Å². The molecule has 1 aromatic rings. The fourth-order valence-electron chi connectivity index (χ4n) is 1.81. The van der Waals surface area contributed by atoms with Gasteiger partial charge in [-0.15, -0.1) is 0 Å². The average Bonchev–Trinajstić information content (AvgIpc) is 2.56. The van der Waals surface area contributed by atoms with Crippen LogP contribution in [0.3, 0.4) is 0 Å². The summed E-state index contributed by atoms with van der Waals surface area (Å²) in [6.45, 7) is 7.26. The summed E-state index contributed by atoms with van der Waals surface area (Å²) >= 11 is 0.